The molecule has 1 amide bonds. The Hall–Kier alpha value is -2.12. The minimum Gasteiger partial charge on any atom is -0.312 e. The van der Waals surface area contributed by atoms with E-state index in [2.05, 4.69) is 26.2 Å². The van der Waals surface area contributed by atoms with Crippen LogP contribution in [0.1, 0.15) is 25.8 Å². The summed E-state index contributed by atoms with van der Waals surface area (Å²) in [6.07, 6.45) is 2.31. The SMILES string of the molecule is CCN(C(=O)CSc1nnc(-c2cccs2)n1C1CC1)c1ccccc1. The van der Waals surface area contributed by atoms with Gasteiger partial charge in [-0.05, 0) is 43.3 Å². The first-order valence-corrected chi connectivity index (χ1v) is 10.6. The normalized spacial score (nSPS) is 13.7. The van der Waals surface area contributed by atoms with Crippen molar-refractivity contribution in [1.29, 1.82) is 0 Å². The molecule has 1 fully saturated rings. The summed E-state index contributed by atoms with van der Waals surface area (Å²) >= 11 is 3.15. The molecule has 26 heavy (non-hydrogen) atoms. The molecule has 0 N–H and O–H groups in total. The lowest BCUT2D eigenvalue weighted by Gasteiger charge is -2.20. The number of hydrogen-bond donors (Lipinski definition) is 0. The number of para-hydroxylation sites is 1. The number of benzene rings is 1. The smallest absolute Gasteiger partial charge is 0.237 e. The van der Waals surface area contributed by atoms with Gasteiger partial charge < -0.3 is 4.90 Å². The Bertz CT molecular complexity index is 872. The highest BCUT2D eigenvalue weighted by molar-refractivity contribution is 7.99. The summed E-state index contributed by atoms with van der Waals surface area (Å²) < 4.78 is 2.21. The first-order valence-electron chi connectivity index (χ1n) is 8.75. The fourth-order valence-corrected chi connectivity index (χ4v) is 4.51. The van der Waals surface area contributed by atoms with E-state index in [4.69, 9.17) is 0 Å². The number of nitrogens with zero attached hydrogens (tertiary/aromatic N) is 4. The molecule has 0 bridgehead atoms. The fourth-order valence-electron chi connectivity index (χ4n) is 2.93. The molecule has 134 valence electrons. The second-order valence-corrected chi connectivity index (χ2v) is 8.04. The molecular weight excluding hydrogens is 364 g/mol. The number of rotatable bonds is 7. The summed E-state index contributed by atoms with van der Waals surface area (Å²) in [6, 6.07) is 14.4. The van der Waals surface area contributed by atoms with E-state index >= 15 is 0 Å². The van der Waals surface area contributed by atoms with E-state index in [1.807, 2.05) is 48.2 Å². The largest absolute Gasteiger partial charge is 0.312 e. The molecule has 0 atom stereocenters. The third-order valence-electron chi connectivity index (χ3n) is 4.33. The van der Waals surface area contributed by atoms with Gasteiger partial charge in [-0.2, -0.15) is 0 Å². The van der Waals surface area contributed by atoms with Gasteiger partial charge in [-0.25, -0.2) is 0 Å². The second kappa shape index (κ2) is 7.63. The Morgan fingerprint density at radius 3 is 2.69 bits per heavy atom. The maximum absolute atomic E-state index is 12.7. The number of amides is 1. The minimum atomic E-state index is 0.0896. The van der Waals surface area contributed by atoms with E-state index < -0.39 is 0 Å². The standard InChI is InChI=1S/C19H20N4OS2/c1-2-22(14-7-4-3-5-8-14)17(24)13-26-19-21-20-18(16-9-6-12-25-16)23(19)15-10-11-15/h3-9,12,15H,2,10-11,13H2,1H3. The van der Waals surface area contributed by atoms with Crippen molar-refractivity contribution in [3.63, 3.8) is 0 Å². The van der Waals surface area contributed by atoms with Crippen LogP contribution in [-0.4, -0.2) is 33.0 Å². The quantitative estimate of drug-likeness (QED) is 0.563. The molecule has 2 heterocycles. The molecule has 0 spiro atoms. The zero-order chi connectivity index (χ0) is 17.9. The Labute approximate surface area is 161 Å². The van der Waals surface area contributed by atoms with E-state index in [1.54, 1.807) is 11.3 Å². The first-order chi connectivity index (χ1) is 12.8. The van der Waals surface area contributed by atoms with Gasteiger partial charge in [-0.3, -0.25) is 9.36 Å². The molecule has 5 nitrogen and oxygen atoms in total. The topological polar surface area (TPSA) is 51.0 Å². The lowest BCUT2D eigenvalue weighted by molar-refractivity contribution is -0.116. The van der Waals surface area contributed by atoms with Crippen LogP contribution in [0.3, 0.4) is 0 Å². The van der Waals surface area contributed by atoms with Crippen molar-refractivity contribution >= 4 is 34.7 Å². The second-order valence-electron chi connectivity index (χ2n) is 6.15. The van der Waals surface area contributed by atoms with E-state index in [9.17, 15) is 4.79 Å². The van der Waals surface area contributed by atoms with Gasteiger partial charge in [0.25, 0.3) is 0 Å². The van der Waals surface area contributed by atoms with Gasteiger partial charge in [0.15, 0.2) is 11.0 Å². The first kappa shape index (κ1) is 17.3. The van der Waals surface area contributed by atoms with E-state index in [1.165, 1.54) is 11.8 Å². The van der Waals surface area contributed by atoms with Crippen LogP contribution in [-0.2, 0) is 4.79 Å². The highest BCUT2D eigenvalue weighted by Gasteiger charge is 2.30. The monoisotopic (exact) mass is 384 g/mol. The lowest BCUT2D eigenvalue weighted by atomic mass is 10.3. The molecule has 1 saturated carbocycles. The third-order valence-corrected chi connectivity index (χ3v) is 6.12. The number of aromatic nitrogens is 3. The summed E-state index contributed by atoms with van der Waals surface area (Å²) in [7, 11) is 0. The summed E-state index contributed by atoms with van der Waals surface area (Å²) in [5.74, 6) is 1.37. The van der Waals surface area contributed by atoms with Gasteiger partial charge in [0.2, 0.25) is 5.91 Å². The van der Waals surface area contributed by atoms with Gasteiger partial charge in [0.1, 0.15) is 0 Å². The molecule has 0 aliphatic heterocycles. The van der Waals surface area contributed by atoms with Gasteiger partial charge >= 0.3 is 0 Å². The minimum absolute atomic E-state index is 0.0896. The van der Waals surface area contributed by atoms with Crippen LogP contribution in [0.15, 0.2) is 53.0 Å². The summed E-state index contributed by atoms with van der Waals surface area (Å²) in [5.41, 5.74) is 0.934. The Morgan fingerprint density at radius 1 is 1.23 bits per heavy atom. The molecule has 4 rings (SSSR count). The maximum Gasteiger partial charge on any atom is 0.237 e. The third kappa shape index (κ3) is 3.54. The number of hydrogen-bond acceptors (Lipinski definition) is 5. The molecule has 2 aromatic heterocycles. The molecule has 0 unspecified atom stereocenters. The molecule has 0 saturated heterocycles. The molecule has 1 aliphatic carbocycles. The van der Waals surface area contributed by atoms with Crippen molar-refractivity contribution in [3.8, 4) is 10.7 Å². The summed E-state index contributed by atoms with van der Waals surface area (Å²) in [5, 5.41) is 11.7. The Kier molecular flexibility index (Phi) is 5.08. The average Bonchev–Trinajstić information content (AvgIpc) is 3.19. The predicted octanol–water partition coefficient (Wildman–Crippen LogP) is 4.49. The number of anilines is 1. The van der Waals surface area contributed by atoms with Crippen LogP contribution in [0, 0.1) is 0 Å². The van der Waals surface area contributed by atoms with Crippen molar-refractivity contribution in [2.75, 3.05) is 17.2 Å². The van der Waals surface area contributed by atoms with Gasteiger partial charge in [0, 0.05) is 18.3 Å². The number of thiophene rings is 1. The van der Waals surface area contributed by atoms with Crippen molar-refractivity contribution in [2.45, 2.75) is 31.0 Å². The molecular formula is C19H20N4OS2. The van der Waals surface area contributed by atoms with Crippen molar-refractivity contribution < 1.29 is 4.79 Å². The van der Waals surface area contributed by atoms with Crippen molar-refractivity contribution in [3.05, 3.63) is 47.8 Å². The van der Waals surface area contributed by atoms with Crippen LogP contribution >= 0.6 is 23.1 Å². The number of carbonyl (C=O) groups excluding carboxylic acids is 1. The maximum atomic E-state index is 12.7. The van der Waals surface area contributed by atoms with Gasteiger partial charge in [0.05, 0.1) is 10.6 Å². The Balaban J connectivity index is 1.50. The lowest BCUT2D eigenvalue weighted by Crippen LogP contribution is -2.32. The van der Waals surface area contributed by atoms with Crippen molar-refractivity contribution in [2.24, 2.45) is 0 Å². The number of thioether (sulfide) groups is 1. The predicted molar refractivity (Wildman–Crippen MR) is 107 cm³/mol. The van der Waals surface area contributed by atoms with Crippen LogP contribution in [0.5, 0.6) is 0 Å². The van der Waals surface area contributed by atoms with Crippen LogP contribution in [0.2, 0.25) is 0 Å². The fraction of sp³-hybridized carbons (Fsp3) is 0.316. The van der Waals surface area contributed by atoms with E-state index in [0.717, 1.165) is 34.4 Å². The van der Waals surface area contributed by atoms with E-state index in [0.29, 0.717) is 18.3 Å². The highest BCUT2D eigenvalue weighted by atomic mass is 32.2. The van der Waals surface area contributed by atoms with Gasteiger partial charge in [-0.15, -0.1) is 21.5 Å². The van der Waals surface area contributed by atoms with E-state index in [-0.39, 0.29) is 5.91 Å². The summed E-state index contributed by atoms with van der Waals surface area (Å²) in [6.45, 7) is 2.65. The van der Waals surface area contributed by atoms with Crippen LogP contribution in [0.4, 0.5) is 5.69 Å². The molecule has 1 aliphatic rings. The van der Waals surface area contributed by atoms with Crippen LogP contribution < -0.4 is 4.90 Å². The Morgan fingerprint density at radius 2 is 2.04 bits per heavy atom. The number of carbonyl (C=O) groups is 1. The molecule has 7 heteroatoms. The molecule has 3 aromatic rings. The molecule has 0 radical (unpaired) electrons. The van der Waals surface area contributed by atoms with Gasteiger partial charge in [-0.1, -0.05) is 36.0 Å². The average molecular weight is 385 g/mol. The summed E-state index contributed by atoms with van der Waals surface area (Å²) in [4.78, 5) is 15.7. The molecule has 1 aromatic carbocycles. The highest BCUT2D eigenvalue weighted by Crippen LogP contribution is 2.41. The van der Waals surface area contributed by atoms with Crippen LogP contribution in [0.25, 0.3) is 10.7 Å². The zero-order valence-electron chi connectivity index (χ0n) is 14.5. The van der Waals surface area contributed by atoms with Crippen molar-refractivity contribution in [1.82, 2.24) is 14.8 Å². The zero-order valence-corrected chi connectivity index (χ0v) is 16.2.